The molecule has 0 aliphatic carbocycles. The third-order valence-corrected chi connectivity index (χ3v) is 1.84. The van der Waals surface area contributed by atoms with Crippen molar-refractivity contribution in [2.45, 2.75) is 19.3 Å². The number of amides is 1. The number of nitrogens with zero attached hydrogens (tertiary/aromatic N) is 1. The summed E-state index contributed by atoms with van der Waals surface area (Å²) in [7, 11) is 0. The predicted molar refractivity (Wildman–Crippen MR) is 45.6 cm³/mol. The molecule has 0 unspecified atom stereocenters. The Morgan fingerprint density at radius 1 is 1.58 bits per heavy atom. The third kappa shape index (κ3) is 2.46. The van der Waals surface area contributed by atoms with Gasteiger partial charge in [0.15, 0.2) is 0 Å². The number of hydrogen-bond donors (Lipinski definition) is 0. The molecule has 0 saturated carbocycles. The van der Waals surface area contributed by atoms with Gasteiger partial charge in [0.2, 0.25) is 0 Å². The average Bonchev–Trinajstić information content (AvgIpc) is 2.46. The normalized spacial score (nSPS) is 15.9. The summed E-state index contributed by atoms with van der Waals surface area (Å²) in [6.07, 6.45) is 7.66. The van der Waals surface area contributed by atoms with Crippen LogP contribution in [0, 0.1) is 12.3 Å². The molecular formula is C9H13NO2. The van der Waals surface area contributed by atoms with E-state index in [2.05, 4.69) is 5.92 Å². The second-order valence-electron chi connectivity index (χ2n) is 2.76. The monoisotopic (exact) mass is 167 g/mol. The molecule has 0 aromatic rings. The molecule has 1 aliphatic rings. The molecule has 1 amide bonds. The predicted octanol–water partition coefficient (Wildman–Crippen LogP) is 1.24. The zero-order valence-corrected chi connectivity index (χ0v) is 7.08. The summed E-state index contributed by atoms with van der Waals surface area (Å²) in [5.74, 6) is 2.57. The first-order valence-corrected chi connectivity index (χ1v) is 4.20. The highest BCUT2D eigenvalue weighted by molar-refractivity contribution is 5.69. The van der Waals surface area contributed by atoms with Gasteiger partial charge < -0.3 is 9.64 Å². The minimum atomic E-state index is -0.185. The van der Waals surface area contributed by atoms with E-state index in [1.54, 1.807) is 4.90 Å². The fraction of sp³-hybridized carbons (Fsp3) is 0.667. The molecule has 0 radical (unpaired) electrons. The lowest BCUT2D eigenvalue weighted by Crippen LogP contribution is -2.25. The van der Waals surface area contributed by atoms with E-state index in [-0.39, 0.29) is 6.09 Å². The molecule has 1 saturated heterocycles. The van der Waals surface area contributed by atoms with Crippen molar-refractivity contribution >= 4 is 6.09 Å². The minimum Gasteiger partial charge on any atom is -0.448 e. The van der Waals surface area contributed by atoms with Gasteiger partial charge in [-0.3, -0.25) is 0 Å². The first-order valence-electron chi connectivity index (χ1n) is 4.20. The van der Waals surface area contributed by atoms with Crippen LogP contribution in [0.4, 0.5) is 4.79 Å². The summed E-state index contributed by atoms with van der Waals surface area (Å²) >= 11 is 0. The van der Waals surface area contributed by atoms with Crippen molar-refractivity contribution in [3.8, 4) is 12.3 Å². The molecule has 3 heteroatoms. The Hall–Kier alpha value is -1.17. The zero-order valence-electron chi connectivity index (χ0n) is 7.08. The summed E-state index contributed by atoms with van der Waals surface area (Å²) in [5.41, 5.74) is 0. The molecule has 66 valence electrons. The molecule has 0 aromatic carbocycles. The van der Waals surface area contributed by atoms with Crippen LogP contribution in [0.5, 0.6) is 0 Å². The summed E-state index contributed by atoms with van der Waals surface area (Å²) in [4.78, 5) is 12.6. The summed E-state index contributed by atoms with van der Waals surface area (Å²) in [5, 5.41) is 0. The van der Waals surface area contributed by atoms with E-state index in [1.165, 1.54) is 0 Å². The van der Waals surface area contributed by atoms with E-state index in [1.807, 2.05) is 0 Å². The van der Waals surface area contributed by atoms with Crippen molar-refractivity contribution in [3.63, 3.8) is 0 Å². The number of terminal acetylenes is 1. The summed E-state index contributed by atoms with van der Waals surface area (Å²) in [6, 6.07) is 0. The first-order chi connectivity index (χ1) is 5.84. The van der Waals surface area contributed by atoms with Crippen LogP contribution in [0.25, 0.3) is 0 Å². The highest BCUT2D eigenvalue weighted by Gasteiger charge is 2.20. The third-order valence-electron chi connectivity index (χ3n) is 1.84. The van der Waals surface area contributed by atoms with Crippen LogP contribution in [0.2, 0.25) is 0 Å². The highest BCUT2D eigenvalue weighted by Crippen LogP contribution is 2.05. The lowest BCUT2D eigenvalue weighted by atomic mass is 10.2. The Kier molecular flexibility index (Phi) is 3.46. The average molecular weight is 167 g/mol. The van der Waals surface area contributed by atoms with Gasteiger partial charge in [-0.25, -0.2) is 4.79 Å². The molecule has 1 heterocycles. The largest absolute Gasteiger partial charge is 0.448 e. The zero-order chi connectivity index (χ0) is 8.81. The van der Waals surface area contributed by atoms with Crippen molar-refractivity contribution in [2.24, 2.45) is 0 Å². The van der Waals surface area contributed by atoms with Crippen LogP contribution in [0.3, 0.4) is 0 Å². The number of cyclic esters (lactones) is 1. The summed E-state index contributed by atoms with van der Waals surface area (Å²) < 4.78 is 4.77. The van der Waals surface area contributed by atoms with Gasteiger partial charge in [0, 0.05) is 13.0 Å². The van der Waals surface area contributed by atoms with E-state index in [0.717, 1.165) is 32.4 Å². The number of rotatable bonds is 4. The van der Waals surface area contributed by atoms with E-state index >= 15 is 0 Å². The highest BCUT2D eigenvalue weighted by atomic mass is 16.6. The number of ether oxygens (including phenoxy) is 1. The second kappa shape index (κ2) is 4.66. The van der Waals surface area contributed by atoms with Crippen molar-refractivity contribution < 1.29 is 9.53 Å². The minimum absolute atomic E-state index is 0.185. The van der Waals surface area contributed by atoms with Crippen molar-refractivity contribution in [3.05, 3.63) is 0 Å². The van der Waals surface area contributed by atoms with E-state index in [0.29, 0.717) is 6.61 Å². The van der Waals surface area contributed by atoms with Crippen molar-refractivity contribution in [1.29, 1.82) is 0 Å². The number of unbranched alkanes of at least 4 members (excludes halogenated alkanes) is 2. The Labute approximate surface area is 72.7 Å². The fourth-order valence-corrected chi connectivity index (χ4v) is 1.16. The van der Waals surface area contributed by atoms with Crippen molar-refractivity contribution in [1.82, 2.24) is 4.90 Å². The van der Waals surface area contributed by atoms with Crippen LogP contribution < -0.4 is 0 Å². The number of carbonyl (C=O) groups is 1. The molecule has 0 aromatic heterocycles. The van der Waals surface area contributed by atoms with Gasteiger partial charge in [-0.15, -0.1) is 12.3 Å². The smallest absolute Gasteiger partial charge is 0.409 e. The SMILES string of the molecule is C#CCCCCN1CCOC1=O. The first kappa shape index (κ1) is 8.92. The van der Waals surface area contributed by atoms with Crippen LogP contribution in [-0.4, -0.2) is 30.7 Å². The Morgan fingerprint density at radius 2 is 2.42 bits per heavy atom. The molecule has 0 bridgehead atoms. The molecule has 12 heavy (non-hydrogen) atoms. The number of hydrogen-bond acceptors (Lipinski definition) is 2. The lowest BCUT2D eigenvalue weighted by Gasteiger charge is -2.10. The van der Waals surface area contributed by atoms with E-state index < -0.39 is 0 Å². The quantitative estimate of drug-likeness (QED) is 0.465. The molecule has 0 N–H and O–H groups in total. The molecule has 0 spiro atoms. The Bertz CT molecular complexity index is 195. The fourth-order valence-electron chi connectivity index (χ4n) is 1.16. The van der Waals surface area contributed by atoms with Gasteiger partial charge in [0.1, 0.15) is 6.61 Å². The molecular weight excluding hydrogens is 154 g/mol. The maximum absolute atomic E-state index is 10.9. The van der Waals surface area contributed by atoms with Gasteiger partial charge in [-0.2, -0.15) is 0 Å². The van der Waals surface area contributed by atoms with Gasteiger partial charge in [-0.1, -0.05) is 0 Å². The van der Waals surface area contributed by atoms with Crippen LogP contribution in [0.15, 0.2) is 0 Å². The molecule has 0 atom stereocenters. The van der Waals surface area contributed by atoms with Gasteiger partial charge in [0.05, 0.1) is 6.54 Å². The Balaban J connectivity index is 2.07. The van der Waals surface area contributed by atoms with Gasteiger partial charge in [-0.05, 0) is 12.8 Å². The molecule has 1 fully saturated rings. The Morgan fingerprint density at radius 3 is 3.00 bits per heavy atom. The van der Waals surface area contributed by atoms with Crippen LogP contribution in [-0.2, 0) is 4.74 Å². The van der Waals surface area contributed by atoms with Gasteiger partial charge in [0.25, 0.3) is 0 Å². The van der Waals surface area contributed by atoms with E-state index in [9.17, 15) is 4.79 Å². The standard InChI is InChI=1S/C9H13NO2/c1-2-3-4-5-6-10-7-8-12-9(10)11/h1H,3-8H2. The van der Waals surface area contributed by atoms with E-state index in [4.69, 9.17) is 11.2 Å². The second-order valence-corrected chi connectivity index (χ2v) is 2.76. The molecule has 1 rings (SSSR count). The van der Waals surface area contributed by atoms with Crippen LogP contribution >= 0.6 is 0 Å². The maximum Gasteiger partial charge on any atom is 0.409 e. The lowest BCUT2D eigenvalue weighted by molar-refractivity contribution is 0.158. The van der Waals surface area contributed by atoms with Gasteiger partial charge >= 0.3 is 6.09 Å². The topological polar surface area (TPSA) is 29.5 Å². The summed E-state index contributed by atoms with van der Waals surface area (Å²) in [6.45, 7) is 2.05. The van der Waals surface area contributed by atoms with Crippen molar-refractivity contribution in [2.75, 3.05) is 19.7 Å². The number of carbonyl (C=O) groups excluding carboxylic acids is 1. The molecule has 1 aliphatic heterocycles. The van der Waals surface area contributed by atoms with Crippen LogP contribution in [0.1, 0.15) is 19.3 Å². The maximum atomic E-state index is 10.9. The molecule has 3 nitrogen and oxygen atoms in total.